The molecule has 142 valence electrons. The number of nitrogens with one attached hydrogen (secondary N) is 2. The fourth-order valence-corrected chi connectivity index (χ4v) is 3.72. The van der Waals surface area contributed by atoms with E-state index in [1.165, 1.54) is 0 Å². The summed E-state index contributed by atoms with van der Waals surface area (Å²) in [5.74, 6) is -0.0995. The largest absolute Gasteiger partial charge is 0.383 e. The summed E-state index contributed by atoms with van der Waals surface area (Å²) in [5, 5.41) is 10.3. The van der Waals surface area contributed by atoms with E-state index in [1.807, 2.05) is 35.0 Å². The summed E-state index contributed by atoms with van der Waals surface area (Å²) in [6, 6.07) is 11.8. The van der Waals surface area contributed by atoms with Gasteiger partial charge in [0.25, 0.3) is 5.91 Å². The maximum Gasteiger partial charge on any atom is 0.271 e. The molecule has 1 aliphatic carbocycles. The number of aromatic nitrogens is 2. The van der Waals surface area contributed by atoms with Crippen LogP contribution < -0.4 is 10.6 Å². The summed E-state index contributed by atoms with van der Waals surface area (Å²) in [5.41, 5.74) is 2.11. The van der Waals surface area contributed by atoms with E-state index in [-0.39, 0.29) is 23.3 Å². The van der Waals surface area contributed by atoms with Gasteiger partial charge in [0.15, 0.2) is 0 Å². The van der Waals surface area contributed by atoms with Crippen molar-refractivity contribution >= 4 is 11.8 Å². The first-order chi connectivity index (χ1) is 13.1. The Bertz CT molecular complexity index is 819. The Morgan fingerprint density at radius 3 is 2.74 bits per heavy atom. The number of benzene rings is 1. The highest BCUT2D eigenvalue weighted by Gasteiger charge is 2.51. The molecule has 1 saturated carbocycles. The summed E-state index contributed by atoms with van der Waals surface area (Å²) in [6.07, 6.45) is 2.48. The van der Waals surface area contributed by atoms with Gasteiger partial charge in [0.2, 0.25) is 5.91 Å². The van der Waals surface area contributed by atoms with Gasteiger partial charge in [-0.2, -0.15) is 5.10 Å². The van der Waals surface area contributed by atoms with E-state index in [2.05, 4.69) is 15.7 Å². The molecule has 1 fully saturated rings. The van der Waals surface area contributed by atoms with Crippen molar-refractivity contribution in [2.45, 2.75) is 37.3 Å². The smallest absolute Gasteiger partial charge is 0.271 e. The first-order valence-electron chi connectivity index (χ1n) is 9.33. The van der Waals surface area contributed by atoms with Crippen LogP contribution in [0.5, 0.6) is 0 Å². The third-order valence-corrected chi connectivity index (χ3v) is 5.38. The van der Waals surface area contributed by atoms with E-state index >= 15 is 0 Å². The average molecular weight is 368 g/mol. The number of rotatable bonds is 7. The van der Waals surface area contributed by atoms with E-state index in [0.29, 0.717) is 31.8 Å². The molecule has 7 heteroatoms. The van der Waals surface area contributed by atoms with Crippen molar-refractivity contribution in [3.05, 3.63) is 53.3 Å². The van der Waals surface area contributed by atoms with Gasteiger partial charge in [-0.3, -0.25) is 14.3 Å². The van der Waals surface area contributed by atoms with Crippen LogP contribution in [0, 0.1) is 0 Å². The molecular formula is C20H24N4O3. The van der Waals surface area contributed by atoms with Crippen molar-refractivity contribution in [2.24, 2.45) is 0 Å². The van der Waals surface area contributed by atoms with Gasteiger partial charge in [0.1, 0.15) is 5.69 Å². The van der Waals surface area contributed by atoms with Crippen molar-refractivity contribution in [3.8, 4) is 0 Å². The Morgan fingerprint density at radius 1 is 1.30 bits per heavy atom. The molecule has 1 aromatic heterocycles. The zero-order chi connectivity index (χ0) is 18.9. The van der Waals surface area contributed by atoms with Crippen molar-refractivity contribution in [2.75, 3.05) is 20.3 Å². The highest BCUT2D eigenvalue weighted by molar-refractivity contribution is 5.92. The van der Waals surface area contributed by atoms with Crippen molar-refractivity contribution in [1.29, 1.82) is 0 Å². The SMILES string of the molecule is COCCNC(=O)c1cc2n(n1)C[C@@H](NC(=O)C1(c3ccccc3)CC1)C2. The molecule has 7 nitrogen and oxygen atoms in total. The predicted molar refractivity (Wildman–Crippen MR) is 99.4 cm³/mol. The lowest BCUT2D eigenvalue weighted by atomic mass is 9.94. The molecule has 1 atom stereocenters. The Hall–Kier alpha value is -2.67. The third kappa shape index (κ3) is 3.47. The van der Waals surface area contributed by atoms with E-state index in [9.17, 15) is 9.59 Å². The summed E-state index contributed by atoms with van der Waals surface area (Å²) < 4.78 is 6.74. The maximum absolute atomic E-state index is 12.9. The Balaban J connectivity index is 1.35. The standard InChI is InChI=1S/C20H24N4O3/c1-27-10-9-21-18(25)17-12-16-11-15(13-24(16)23-17)22-19(26)20(7-8-20)14-5-3-2-4-6-14/h2-6,12,15H,7-11,13H2,1H3,(H,21,25)(H,22,26)/t15-/m0/s1. The second-order valence-corrected chi connectivity index (χ2v) is 7.27. The van der Waals surface area contributed by atoms with Crippen LogP contribution in [-0.4, -0.2) is 47.9 Å². The van der Waals surface area contributed by atoms with E-state index < -0.39 is 0 Å². The van der Waals surface area contributed by atoms with Gasteiger partial charge in [0, 0.05) is 25.8 Å². The molecule has 0 unspecified atom stereocenters. The van der Waals surface area contributed by atoms with Crippen LogP contribution in [0.15, 0.2) is 36.4 Å². The minimum Gasteiger partial charge on any atom is -0.383 e. The van der Waals surface area contributed by atoms with Crippen LogP contribution in [0.3, 0.4) is 0 Å². The van der Waals surface area contributed by atoms with Crippen LogP contribution in [0.1, 0.15) is 34.6 Å². The summed E-state index contributed by atoms with van der Waals surface area (Å²) in [7, 11) is 1.59. The molecule has 2 amide bonds. The van der Waals surface area contributed by atoms with Crippen molar-refractivity contribution < 1.29 is 14.3 Å². The average Bonchev–Trinajstić information content (AvgIpc) is 3.27. The van der Waals surface area contributed by atoms with E-state index in [0.717, 1.165) is 24.1 Å². The minimum atomic E-state index is -0.363. The highest BCUT2D eigenvalue weighted by atomic mass is 16.5. The Kier molecular flexibility index (Phi) is 4.70. The van der Waals surface area contributed by atoms with Crippen LogP contribution in [0.4, 0.5) is 0 Å². The van der Waals surface area contributed by atoms with Crippen molar-refractivity contribution in [3.63, 3.8) is 0 Å². The second-order valence-electron chi connectivity index (χ2n) is 7.27. The van der Waals surface area contributed by atoms with Gasteiger partial charge >= 0.3 is 0 Å². The lowest BCUT2D eigenvalue weighted by Crippen LogP contribution is -2.42. The molecule has 2 aliphatic rings. The first-order valence-corrected chi connectivity index (χ1v) is 9.33. The molecule has 0 radical (unpaired) electrons. The lowest BCUT2D eigenvalue weighted by Gasteiger charge is -2.19. The number of carbonyl (C=O) groups is 2. The highest BCUT2D eigenvalue weighted by Crippen LogP contribution is 2.48. The van der Waals surface area contributed by atoms with E-state index in [4.69, 9.17) is 4.74 Å². The van der Waals surface area contributed by atoms with Gasteiger partial charge in [0.05, 0.1) is 24.6 Å². The number of ether oxygens (including phenoxy) is 1. The van der Waals surface area contributed by atoms with Gasteiger partial charge in [-0.05, 0) is 24.5 Å². The minimum absolute atomic E-state index is 0.0202. The molecule has 1 aromatic carbocycles. The van der Waals surface area contributed by atoms with Crippen LogP contribution in [0.25, 0.3) is 0 Å². The number of methoxy groups -OCH3 is 1. The molecule has 0 spiro atoms. The number of amides is 2. The summed E-state index contributed by atoms with van der Waals surface area (Å²) >= 11 is 0. The van der Waals surface area contributed by atoms with Crippen LogP contribution in [-0.2, 0) is 27.9 Å². The number of fused-ring (bicyclic) bond motifs is 1. The molecule has 2 aromatic rings. The fourth-order valence-electron chi connectivity index (χ4n) is 3.72. The number of hydrogen-bond donors (Lipinski definition) is 2. The summed E-state index contributed by atoms with van der Waals surface area (Å²) in [6.45, 7) is 1.52. The fraction of sp³-hybridized carbons (Fsp3) is 0.450. The zero-order valence-electron chi connectivity index (χ0n) is 15.4. The molecule has 2 heterocycles. The molecule has 0 saturated heterocycles. The van der Waals surface area contributed by atoms with Gasteiger partial charge in [-0.15, -0.1) is 0 Å². The van der Waals surface area contributed by atoms with Crippen LogP contribution >= 0.6 is 0 Å². The first kappa shape index (κ1) is 17.7. The molecule has 4 rings (SSSR count). The molecule has 2 N–H and O–H groups in total. The molecule has 1 aliphatic heterocycles. The van der Waals surface area contributed by atoms with Gasteiger partial charge in [-0.1, -0.05) is 30.3 Å². The van der Waals surface area contributed by atoms with Crippen LogP contribution in [0.2, 0.25) is 0 Å². The Morgan fingerprint density at radius 2 is 2.07 bits per heavy atom. The maximum atomic E-state index is 12.9. The monoisotopic (exact) mass is 368 g/mol. The predicted octanol–water partition coefficient (Wildman–Crippen LogP) is 1.03. The number of hydrogen-bond acceptors (Lipinski definition) is 4. The topological polar surface area (TPSA) is 85.2 Å². The van der Waals surface area contributed by atoms with Gasteiger partial charge in [-0.25, -0.2) is 0 Å². The number of carbonyl (C=O) groups excluding carboxylic acids is 2. The molecule has 27 heavy (non-hydrogen) atoms. The van der Waals surface area contributed by atoms with Gasteiger partial charge < -0.3 is 15.4 Å². The lowest BCUT2D eigenvalue weighted by molar-refractivity contribution is -0.124. The quantitative estimate of drug-likeness (QED) is 0.715. The number of nitrogens with zero attached hydrogens (tertiary/aromatic N) is 2. The van der Waals surface area contributed by atoms with E-state index in [1.54, 1.807) is 13.2 Å². The second kappa shape index (κ2) is 7.15. The Labute approximate surface area is 158 Å². The third-order valence-electron chi connectivity index (χ3n) is 5.38. The van der Waals surface area contributed by atoms with Crippen molar-refractivity contribution in [1.82, 2.24) is 20.4 Å². The zero-order valence-corrected chi connectivity index (χ0v) is 15.4. The molecule has 0 bridgehead atoms. The summed E-state index contributed by atoms with van der Waals surface area (Å²) in [4.78, 5) is 24.9. The normalized spacial score (nSPS) is 19.4. The molecular weight excluding hydrogens is 344 g/mol.